The molecule has 4 N–H and O–H groups in total. The van der Waals surface area contributed by atoms with Gasteiger partial charge in [0.2, 0.25) is 17.7 Å². The summed E-state index contributed by atoms with van der Waals surface area (Å²) in [5, 5.41) is 10.0. The number of aromatic nitrogens is 2. The third-order valence-corrected chi connectivity index (χ3v) is 4.75. The molecular formula is C17H27N5O3. The first-order valence-electron chi connectivity index (χ1n) is 8.54. The lowest BCUT2D eigenvalue weighted by Crippen LogP contribution is -2.46. The maximum atomic E-state index is 12.1. The molecule has 0 aliphatic heterocycles. The first-order chi connectivity index (χ1) is 11.7. The molecule has 0 saturated heterocycles. The zero-order valence-corrected chi connectivity index (χ0v) is 15.0. The monoisotopic (exact) mass is 349 g/mol. The zero-order valence-electron chi connectivity index (χ0n) is 15.0. The van der Waals surface area contributed by atoms with E-state index in [4.69, 9.17) is 5.73 Å². The summed E-state index contributed by atoms with van der Waals surface area (Å²) in [6.45, 7) is 3.52. The molecule has 138 valence electrons. The van der Waals surface area contributed by atoms with Crippen LogP contribution in [0.2, 0.25) is 0 Å². The Morgan fingerprint density at radius 3 is 2.68 bits per heavy atom. The summed E-state index contributed by atoms with van der Waals surface area (Å²) < 4.78 is 1.67. The lowest BCUT2D eigenvalue weighted by molar-refractivity contribution is -0.139. The van der Waals surface area contributed by atoms with E-state index < -0.39 is 11.3 Å². The van der Waals surface area contributed by atoms with Gasteiger partial charge in [0.25, 0.3) is 0 Å². The van der Waals surface area contributed by atoms with Crippen molar-refractivity contribution in [3.63, 3.8) is 0 Å². The molecule has 8 nitrogen and oxygen atoms in total. The van der Waals surface area contributed by atoms with Gasteiger partial charge in [-0.05, 0) is 45.1 Å². The lowest BCUT2D eigenvalue weighted by atomic mass is 9.91. The molecule has 1 aromatic heterocycles. The van der Waals surface area contributed by atoms with Crippen molar-refractivity contribution >= 4 is 17.7 Å². The molecule has 25 heavy (non-hydrogen) atoms. The fourth-order valence-corrected chi connectivity index (χ4v) is 2.96. The maximum Gasteiger partial charge on any atom is 0.235 e. The summed E-state index contributed by atoms with van der Waals surface area (Å²) in [6.07, 6.45) is 4.70. The van der Waals surface area contributed by atoms with E-state index in [-0.39, 0.29) is 30.2 Å². The molecule has 1 saturated carbocycles. The highest BCUT2D eigenvalue weighted by Gasteiger charge is 2.35. The van der Waals surface area contributed by atoms with Crippen LogP contribution in [0.1, 0.15) is 38.8 Å². The molecule has 8 heteroatoms. The van der Waals surface area contributed by atoms with Crippen LogP contribution in [0.15, 0.2) is 12.3 Å². The molecule has 1 heterocycles. The SMILES string of the molecule is Cn1ccc(CC(=O)N[C@@H]2CC[C@H](CNC(=O)C(C)(C)C(N)=O)C2)n1. The minimum absolute atomic E-state index is 0.0387. The van der Waals surface area contributed by atoms with Crippen molar-refractivity contribution < 1.29 is 14.4 Å². The first kappa shape index (κ1) is 19.0. The molecule has 1 aliphatic rings. The minimum Gasteiger partial charge on any atom is -0.369 e. The van der Waals surface area contributed by atoms with Crippen molar-refractivity contribution in [2.45, 2.75) is 45.6 Å². The van der Waals surface area contributed by atoms with Gasteiger partial charge in [-0.1, -0.05) is 0 Å². The van der Waals surface area contributed by atoms with Gasteiger partial charge < -0.3 is 16.4 Å². The molecule has 2 atom stereocenters. The quantitative estimate of drug-likeness (QED) is 0.594. The Morgan fingerprint density at radius 2 is 2.08 bits per heavy atom. The zero-order chi connectivity index (χ0) is 18.6. The van der Waals surface area contributed by atoms with Gasteiger partial charge in [-0.3, -0.25) is 19.1 Å². The van der Waals surface area contributed by atoms with Gasteiger partial charge in [0.1, 0.15) is 5.41 Å². The molecule has 1 aliphatic carbocycles. The molecule has 0 radical (unpaired) electrons. The first-order valence-corrected chi connectivity index (χ1v) is 8.54. The predicted octanol–water partition coefficient (Wildman–Crippen LogP) is -0.125. The molecule has 1 aromatic rings. The van der Waals surface area contributed by atoms with Crippen molar-refractivity contribution in [3.05, 3.63) is 18.0 Å². The van der Waals surface area contributed by atoms with Crippen LogP contribution in [0, 0.1) is 11.3 Å². The number of hydrogen-bond donors (Lipinski definition) is 3. The van der Waals surface area contributed by atoms with Gasteiger partial charge in [-0.15, -0.1) is 0 Å². The van der Waals surface area contributed by atoms with Gasteiger partial charge in [0.05, 0.1) is 12.1 Å². The normalized spacial score (nSPS) is 20.3. The molecular weight excluding hydrogens is 322 g/mol. The van der Waals surface area contributed by atoms with E-state index >= 15 is 0 Å². The topological polar surface area (TPSA) is 119 Å². The fourth-order valence-electron chi connectivity index (χ4n) is 2.96. The second-order valence-corrected chi connectivity index (χ2v) is 7.30. The predicted molar refractivity (Wildman–Crippen MR) is 92.2 cm³/mol. The summed E-state index contributed by atoms with van der Waals surface area (Å²) in [5.74, 6) is -0.755. The Labute approximate surface area is 147 Å². The average Bonchev–Trinajstić information content (AvgIpc) is 3.13. The molecule has 0 aromatic carbocycles. The van der Waals surface area contributed by atoms with E-state index in [0.717, 1.165) is 25.0 Å². The van der Waals surface area contributed by atoms with Gasteiger partial charge in [-0.2, -0.15) is 5.10 Å². The van der Waals surface area contributed by atoms with Crippen LogP contribution in [0.25, 0.3) is 0 Å². The van der Waals surface area contributed by atoms with Crippen LogP contribution in [0.3, 0.4) is 0 Å². The van der Waals surface area contributed by atoms with Gasteiger partial charge in [0.15, 0.2) is 0 Å². The Morgan fingerprint density at radius 1 is 1.36 bits per heavy atom. The van der Waals surface area contributed by atoms with Crippen molar-refractivity contribution in [1.29, 1.82) is 0 Å². The minimum atomic E-state index is -1.21. The van der Waals surface area contributed by atoms with Crippen molar-refractivity contribution in [2.75, 3.05) is 6.54 Å². The molecule has 2 rings (SSSR count). The van der Waals surface area contributed by atoms with E-state index in [9.17, 15) is 14.4 Å². The van der Waals surface area contributed by atoms with E-state index in [0.29, 0.717) is 6.54 Å². The van der Waals surface area contributed by atoms with Gasteiger partial charge in [-0.25, -0.2) is 0 Å². The van der Waals surface area contributed by atoms with E-state index in [1.165, 1.54) is 13.8 Å². The van der Waals surface area contributed by atoms with E-state index in [1.807, 2.05) is 19.3 Å². The molecule has 3 amide bonds. The third kappa shape index (κ3) is 5.04. The third-order valence-electron chi connectivity index (χ3n) is 4.75. The number of primary amides is 1. The number of carbonyl (C=O) groups excluding carboxylic acids is 3. The summed E-state index contributed by atoms with van der Waals surface area (Å²) in [4.78, 5) is 35.4. The van der Waals surface area contributed by atoms with Crippen molar-refractivity contribution in [3.8, 4) is 0 Å². The summed E-state index contributed by atoms with van der Waals surface area (Å²) in [7, 11) is 1.82. The molecule has 1 fully saturated rings. The largest absolute Gasteiger partial charge is 0.369 e. The van der Waals surface area contributed by atoms with Crippen LogP contribution in [0.5, 0.6) is 0 Å². The summed E-state index contributed by atoms with van der Waals surface area (Å²) in [5.41, 5.74) is 4.78. The summed E-state index contributed by atoms with van der Waals surface area (Å²) >= 11 is 0. The number of nitrogens with one attached hydrogen (secondary N) is 2. The second kappa shape index (κ2) is 7.67. The number of carbonyl (C=O) groups is 3. The summed E-state index contributed by atoms with van der Waals surface area (Å²) in [6, 6.07) is 1.94. The van der Waals surface area contributed by atoms with E-state index in [2.05, 4.69) is 15.7 Å². The van der Waals surface area contributed by atoms with Crippen molar-refractivity contribution in [1.82, 2.24) is 20.4 Å². The molecule has 0 spiro atoms. The van der Waals surface area contributed by atoms with Crippen LogP contribution >= 0.6 is 0 Å². The number of amides is 3. The van der Waals surface area contributed by atoms with Crippen molar-refractivity contribution in [2.24, 2.45) is 24.1 Å². The standard InChI is InChI=1S/C17H27N5O3/c1-17(2,15(18)24)16(25)19-10-11-4-5-12(8-11)20-14(23)9-13-6-7-22(3)21-13/h6-7,11-12H,4-5,8-10H2,1-3H3,(H2,18,24)(H,19,25)(H,20,23)/t11-,12+/m0/s1. The lowest BCUT2D eigenvalue weighted by Gasteiger charge is -2.21. The van der Waals surface area contributed by atoms with Crippen LogP contribution in [-0.2, 0) is 27.9 Å². The van der Waals surface area contributed by atoms with Crippen LogP contribution < -0.4 is 16.4 Å². The smallest absolute Gasteiger partial charge is 0.235 e. The number of nitrogens with zero attached hydrogens (tertiary/aromatic N) is 2. The highest BCUT2D eigenvalue weighted by Crippen LogP contribution is 2.25. The van der Waals surface area contributed by atoms with Crippen LogP contribution in [-0.4, -0.2) is 40.1 Å². The van der Waals surface area contributed by atoms with Gasteiger partial charge in [0, 0.05) is 25.8 Å². The van der Waals surface area contributed by atoms with Gasteiger partial charge >= 0.3 is 0 Å². The fraction of sp³-hybridized carbons (Fsp3) is 0.647. The number of aryl methyl sites for hydroxylation is 1. The Bertz CT molecular complexity index is 652. The van der Waals surface area contributed by atoms with E-state index in [1.54, 1.807) is 4.68 Å². The molecule has 0 bridgehead atoms. The number of nitrogens with two attached hydrogens (primary N) is 1. The number of hydrogen-bond acceptors (Lipinski definition) is 4. The number of rotatable bonds is 7. The Kier molecular flexibility index (Phi) is 5.81. The Balaban J connectivity index is 1.73. The maximum absolute atomic E-state index is 12.1. The molecule has 0 unspecified atom stereocenters. The highest BCUT2D eigenvalue weighted by atomic mass is 16.2. The highest BCUT2D eigenvalue weighted by molar-refractivity contribution is 6.03. The Hall–Kier alpha value is -2.38. The average molecular weight is 349 g/mol. The second-order valence-electron chi connectivity index (χ2n) is 7.30. The van der Waals surface area contributed by atoms with Crippen LogP contribution in [0.4, 0.5) is 0 Å².